The molecule has 29 heavy (non-hydrogen) atoms. The van der Waals surface area contributed by atoms with Gasteiger partial charge in [0.1, 0.15) is 5.75 Å². The van der Waals surface area contributed by atoms with Crippen LogP contribution in [-0.2, 0) is 16.6 Å². The van der Waals surface area contributed by atoms with Crippen LogP contribution in [0.2, 0.25) is 0 Å². The third kappa shape index (κ3) is 5.14. The molecule has 3 rings (SSSR count). The van der Waals surface area contributed by atoms with Crippen molar-refractivity contribution in [3.8, 4) is 5.75 Å². The number of aryl methyl sites for hydroxylation is 1. The van der Waals surface area contributed by atoms with Crippen LogP contribution < -0.4 is 14.8 Å². The summed E-state index contributed by atoms with van der Waals surface area (Å²) in [6.07, 6.45) is 0. The van der Waals surface area contributed by atoms with Crippen LogP contribution in [0.3, 0.4) is 0 Å². The van der Waals surface area contributed by atoms with E-state index >= 15 is 0 Å². The number of anilines is 1. The van der Waals surface area contributed by atoms with E-state index in [1.54, 1.807) is 31.4 Å². The first-order valence-corrected chi connectivity index (χ1v) is 10.5. The van der Waals surface area contributed by atoms with E-state index in [2.05, 4.69) is 10.0 Å². The normalized spacial score (nSPS) is 11.0. The molecule has 0 aliphatic heterocycles. The number of hydrogen-bond donors (Lipinski definition) is 2. The molecule has 0 unspecified atom stereocenters. The zero-order chi connectivity index (χ0) is 20.9. The molecule has 0 aliphatic rings. The molecule has 0 fully saturated rings. The highest BCUT2D eigenvalue weighted by Gasteiger charge is 2.17. The lowest BCUT2D eigenvalue weighted by Gasteiger charge is -2.11. The highest BCUT2D eigenvalue weighted by atomic mass is 32.2. The second kappa shape index (κ2) is 8.79. The van der Waals surface area contributed by atoms with Crippen molar-refractivity contribution in [3.05, 3.63) is 89.5 Å². The van der Waals surface area contributed by atoms with Crippen LogP contribution in [-0.4, -0.2) is 21.4 Å². The van der Waals surface area contributed by atoms with Crippen molar-refractivity contribution in [1.82, 2.24) is 5.32 Å². The molecular formula is C22H22N2O4S. The fraction of sp³-hybridized carbons (Fsp3) is 0.136. The first-order chi connectivity index (χ1) is 13.9. The minimum Gasteiger partial charge on any atom is -0.496 e. The molecule has 1 amide bonds. The molecule has 0 aliphatic carbocycles. The summed E-state index contributed by atoms with van der Waals surface area (Å²) < 4.78 is 33.1. The van der Waals surface area contributed by atoms with Crippen LogP contribution in [0, 0.1) is 6.92 Å². The van der Waals surface area contributed by atoms with E-state index < -0.39 is 10.0 Å². The maximum Gasteiger partial charge on any atom is 0.261 e. The summed E-state index contributed by atoms with van der Waals surface area (Å²) in [5, 5.41) is 2.79. The fourth-order valence-corrected chi connectivity index (χ4v) is 3.87. The zero-order valence-corrected chi connectivity index (χ0v) is 17.0. The van der Waals surface area contributed by atoms with Gasteiger partial charge in [0.25, 0.3) is 15.9 Å². The number of carbonyl (C=O) groups excluding carboxylic acids is 1. The third-order valence-corrected chi connectivity index (χ3v) is 5.72. The molecule has 0 spiro atoms. The molecule has 3 aromatic carbocycles. The standard InChI is InChI=1S/C22H22N2O4S/c1-16-10-12-19(13-11-16)24-29(26,27)20-8-5-7-17(14-20)22(25)23-15-18-6-3-4-9-21(18)28-2/h3-14,24H,15H2,1-2H3,(H,23,25). The Morgan fingerprint density at radius 3 is 2.41 bits per heavy atom. The van der Waals surface area contributed by atoms with Crippen LogP contribution in [0.15, 0.2) is 77.7 Å². The number of sulfonamides is 1. The highest BCUT2D eigenvalue weighted by Crippen LogP contribution is 2.19. The largest absolute Gasteiger partial charge is 0.496 e. The van der Waals surface area contributed by atoms with Crippen molar-refractivity contribution >= 4 is 21.6 Å². The molecule has 0 aromatic heterocycles. The maximum absolute atomic E-state index is 12.7. The topological polar surface area (TPSA) is 84.5 Å². The molecule has 6 nitrogen and oxygen atoms in total. The monoisotopic (exact) mass is 410 g/mol. The quantitative estimate of drug-likeness (QED) is 0.622. The summed E-state index contributed by atoms with van der Waals surface area (Å²) in [5.41, 5.74) is 2.57. The first kappa shape index (κ1) is 20.4. The van der Waals surface area contributed by atoms with Gasteiger partial charge in [0.2, 0.25) is 0 Å². The summed E-state index contributed by atoms with van der Waals surface area (Å²) in [7, 11) is -2.24. The lowest BCUT2D eigenvalue weighted by Crippen LogP contribution is -2.23. The van der Waals surface area contributed by atoms with Gasteiger partial charge in [-0.15, -0.1) is 0 Å². The number of amides is 1. The van der Waals surface area contributed by atoms with Crippen molar-refractivity contribution in [2.75, 3.05) is 11.8 Å². The second-order valence-corrected chi connectivity index (χ2v) is 8.18. The molecule has 0 saturated carbocycles. The third-order valence-electron chi connectivity index (χ3n) is 4.34. The zero-order valence-electron chi connectivity index (χ0n) is 16.2. The molecule has 3 aromatic rings. The van der Waals surface area contributed by atoms with Gasteiger partial charge < -0.3 is 10.1 Å². The van der Waals surface area contributed by atoms with E-state index in [1.165, 1.54) is 12.1 Å². The van der Waals surface area contributed by atoms with Crippen molar-refractivity contribution in [1.29, 1.82) is 0 Å². The number of nitrogens with one attached hydrogen (secondary N) is 2. The lowest BCUT2D eigenvalue weighted by molar-refractivity contribution is 0.0950. The molecule has 0 saturated heterocycles. The Bertz CT molecular complexity index is 1110. The summed E-state index contributed by atoms with van der Waals surface area (Å²) in [4.78, 5) is 12.5. The summed E-state index contributed by atoms with van der Waals surface area (Å²) in [6, 6.07) is 20.3. The van der Waals surface area contributed by atoms with E-state index in [-0.39, 0.29) is 22.9 Å². The van der Waals surface area contributed by atoms with Crippen molar-refractivity contribution < 1.29 is 17.9 Å². The van der Waals surface area contributed by atoms with E-state index in [9.17, 15) is 13.2 Å². The average Bonchev–Trinajstić information content (AvgIpc) is 2.74. The number of benzene rings is 3. The Morgan fingerprint density at radius 1 is 0.966 bits per heavy atom. The molecule has 0 heterocycles. The summed E-state index contributed by atoms with van der Waals surface area (Å²) >= 11 is 0. The van der Waals surface area contributed by atoms with Crippen LogP contribution in [0.5, 0.6) is 5.75 Å². The number of carbonyl (C=O) groups is 1. The van der Waals surface area contributed by atoms with Gasteiger partial charge in [-0.3, -0.25) is 9.52 Å². The number of ether oxygens (including phenoxy) is 1. The lowest BCUT2D eigenvalue weighted by atomic mass is 10.2. The smallest absolute Gasteiger partial charge is 0.261 e. The molecule has 0 radical (unpaired) electrons. The van der Waals surface area contributed by atoms with Crippen molar-refractivity contribution in [2.24, 2.45) is 0 Å². The molecule has 7 heteroatoms. The number of methoxy groups -OCH3 is 1. The molecule has 2 N–H and O–H groups in total. The summed E-state index contributed by atoms with van der Waals surface area (Å²) in [5.74, 6) is 0.301. The second-order valence-electron chi connectivity index (χ2n) is 6.49. The maximum atomic E-state index is 12.7. The van der Waals surface area contributed by atoms with Gasteiger partial charge in [-0.1, -0.05) is 42.0 Å². The Balaban J connectivity index is 1.74. The Labute approximate surface area is 170 Å². The molecule has 0 atom stereocenters. The number of hydrogen-bond acceptors (Lipinski definition) is 4. The van der Waals surface area contributed by atoms with Gasteiger partial charge in [0, 0.05) is 23.4 Å². The van der Waals surface area contributed by atoms with Crippen molar-refractivity contribution in [3.63, 3.8) is 0 Å². The Morgan fingerprint density at radius 2 is 1.69 bits per heavy atom. The predicted octanol–water partition coefficient (Wildman–Crippen LogP) is 3.73. The SMILES string of the molecule is COc1ccccc1CNC(=O)c1cccc(S(=O)(=O)Nc2ccc(C)cc2)c1. The van der Waals surface area contributed by atoms with E-state index in [1.807, 2.05) is 43.3 Å². The van der Waals surface area contributed by atoms with E-state index in [0.717, 1.165) is 11.1 Å². The Kier molecular flexibility index (Phi) is 6.19. The summed E-state index contributed by atoms with van der Waals surface area (Å²) in [6.45, 7) is 2.19. The van der Waals surface area contributed by atoms with Gasteiger partial charge in [0.05, 0.1) is 12.0 Å². The minimum atomic E-state index is -3.81. The van der Waals surface area contributed by atoms with Gasteiger partial charge in [0.15, 0.2) is 0 Å². The van der Waals surface area contributed by atoms with Gasteiger partial charge in [-0.05, 0) is 43.3 Å². The average molecular weight is 410 g/mol. The predicted molar refractivity (Wildman–Crippen MR) is 113 cm³/mol. The highest BCUT2D eigenvalue weighted by molar-refractivity contribution is 7.92. The molecular weight excluding hydrogens is 388 g/mol. The fourth-order valence-electron chi connectivity index (χ4n) is 2.77. The molecule has 150 valence electrons. The van der Waals surface area contributed by atoms with Gasteiger partial charge >= 0.3 is 0 Å². The van der Waals surface area contributed by atoms with Crippen LogP contribution >= 0.6 is 0 Å². The number of para-hydroxylation sites is 1. The number of rotatable bonds is 7. The van der Waals surface area contributed by atoms with E-state index in [0.29, 0.717) is 11.4 Å². The molecule has 0 bridgehead atoms. The Hall–Kier alpha value is -3.32. The van der Waals surface area contributed by atoms with Crippen molar-refractivity contribution in [2.45, 2.75) is 18.4 Å². The van der Waals surface area contributed by atoms with Crippen LogP contribution in [0.25, 0.3) is 0 Å². The van der Waals surface area contributed by atoms with Crippen LogP contribution in [0.1, 0.15) is 21.5 Å². The minimum absolute atomic E-state index is 0.0167. The van der Waals surface area contributed by atoms with Gasteiger partial charge in [-0.2, -0.15) is 0 Å². The first-order valence-electron chi connectivity index (χ1n) is 8.99. The van der Waals surface area contributed by atoms with Gasteiger partial charge in [-0.25, -0.2) is 8.42 Å². The van der Waals surface area contributed by atoms with E-state index in [4.69, 9.17) is 4.74 Å². The van der Waals surface area contributed by atoms with Crippen LogP contribution in [0.4, 0.5) is 5.69 Å².